The first-order valence-electron chi connectivity index (χ1n) is 6.97. The second kappa shape index (κ2) is 6.84. The van der Waals surface area contributed by atoms with Crippen molar-refractivity contribution in [1.82, 2.24) is 5.32 Å². The minimum absolute atomic E-state index is 0.119. The van der Waals surface area contributed by atoms with Crippen LogP contribution in [-0.2, 0) is 0 Å². The average molecular weight is 298 g/mol. The van der Waals surface area contributed by atoms with Crippen LogP contribution in [0.1, 0.15) is 36.0 Å². The molecule has 20 heavy (non-hydrogen) atoms. The van der Waals surface area contributed by atoms with E-state index in [-0.39, 0.29) is 23.0 Å². The second-order valence-electron chi connectivity index (χ2n) is 5.41. The molecule has 0 saturated heterocycles. The lowest BCUT2D eigenvalue weighted by atomic mass is 9.80. The molecule has 0 radical (unpaired) electrons. The standard InChI is InChI=1S/C15H20ClNO3/c16-8-10-3-1-2-4-11(10)9-17-15(20)12-5-13(18)7-14(19)6-12/h5-7,10-11,18-19H,1-4,8-9H2,(H,17,20). The Hall–Kier alpha value is -1.42. The fourth-order valence-electron chi connectivity index (χ4n) is 2.81. The van der Waals surface area contributed by atoms with Gasteiger partial charge in [0.1, 0.15) is 11.5 Å². The maximum atomic E-state index is 12.0. The highest BCUT2D eigenvalue weighted by Crippen LogP contribution is 2.30. The smallest absolute Gasteiger partial charge is 0.251 e. The van der Waals surface area contributed by atoms with Crippen LogP contribution >= 0.6 is 11.6 Å². The third-order valence-corrected chi connectivity index (χ3v) is 4.35. The predicted octanol–water partition coefficient (Wildman–Crippen LogP) is 2.87. The van der Waals surface area contributed by atoms with E-state index in [1.807, 2.05) is 0 Å². The number of phenols is 2. The van der Waals surface area contributed by atoms with Gasteiger partial charge in [-0.05, 0) is 36.8 Å². The van der Waals surface area contributed by atoms with Gasteiger partial charge in [-0.25, -0.2) is 0 Å². The topological polar surface area (TPSA) is 69.6 Å². The number of alkyl halides is 1. The lowest BCUT2D eigenvalue weighted by Crippen LogP contribution is -2.34. The molecular formula is C15H20ClNO3. The molecular weight excluding hydrogens is 278 g/mol. The normalized spacial score (nSPS) is 22.4. The van der Waals surface area contributed by atoms with E-state index >= 15 is 0 Å². The SMILES string of the molecule is O=C(NCC1CCCCC1CCl)c1cc(O)cc(O)c1. The van der Waals surface area contributed by atoms with Crippen LogP contribution in [0.15, 0.2) is 18.2 Å². The van der Waals surface area contributed by atoms with Crippen molar-refractivity contribution in [1.29, 1.82) is 0 Å². The van der Waals surface area contributed by atoms with Gasteiger partial charge in [0.25, 0.3) is 5.91 Å². The molecule has 1 fully saturated rings. The molecule has 2 unspecified atom stereocenters. The molecule has 1 aliphatic rings. The van der Waals surface area contributed by atoms with Gasteiger partial charge in [0.2, 0.25) is 0 Å². The van der Waals surface area contributed by atoms with Crippen LogP contribution in [-0.4, -0.2) is 28.5 Å². The largest absolute Gasteiger partial charge is 0.508 e. The first-order chi connectivity index (χ1) is 9.60. The van der Waals surface area contributed by atoms with Crippen LogP contribution in [0, 0.1) is 11.8 Å². The van der Waals surface area contributed by atoms with Crippen LogP contribution in [0.25, 0.3) is 0 Å². The van der Waals surface area contributed by atoms with Crippen molar-refractivity contribution in [3.63, 3.8) is 0 Å². The Morgan fingerprint density at radius 1 is 1.15 bits per heavy atom. The number of aromatic hydroxyl groups is 2. The van der Waals surface area contributed by atoms with E-state index < -0.39 is 0 Å². The van der Waals surface area contributed by atoms with Crippen molar-refractivity contribution in [2.45, 2.75) is 25.7 Å². The molecule has 1 amide bonds. The average Bonchev–Trinajstić information content (AvgIpc) is 2.44. The molecule has 0 aliphatic heterocycles. The number of carbonyl (C=O) groups excluding carboxylic acids is 1. The molecule has 2 atom stereocenters. The number of halogens is 1. The van der Waals surface area contributed by atoms with Gasteiger partial charge in [-0.1, -0.05) is 12.8 Å². The molecule has 2 rings (SSSR count). The van der Waals surface area contributed by atoms with E-state index in [1.165, 1.54) is 31.0 Å². The van der Waals surface area contributed by atoms with E-state index in [9.17, 15) is 15.0 Å². The van der Waals surface area contributed by atoms with E-state index in [2.05, 4.69) is 5.32 Å². The van der Waals surface area contributed by atoms with E-state index in [0.717, 1.165) is 12.8 Å². The lowest BCUT2D eigenvalue weighted by Gasteiger charge is -2.30. The van der Waals surface area contributed by atoms with Gasteiger partial charge < -0.3 is 15.5 Å². The summed E-state index contributed by atoms with van der Waals surface area (Å²) in [6, 6.07) is 3.88. The van der Waals surface area contributed by atoms with E-state index in [4.69, 9.17) is 11.6 Å². The van der Waals surface area contributed by atoms with Gasteiger partial charge in [0, 0.05) is 24.1 Å². The molecule has 110 valence electrons. The van der Waals surface area contributed by atoms with Crippen molar-refractivity contribution in [2.75, 3.05) is 12.4 Å². The van der Waals surface area contributed by atoms with Gasteiger partial charge >= 0.3 is 0 Å². The summed E-state index contributed by atoms with van der Waals surface area (Å²) in [5, 5.41) is 21.6. The maximum absolute atomic E-state index is 12.0. The van der Waals surface area contributed by atoms with Crippen molar-refractivity contribution in [3.05, 3.63) is 23.8 Å². The number of rotatable bonds is 4. The van der Waals surface area contributed by atoms with Crippen LogP contribution in [0.2, 0.25) is 0 Å². The summed E-state index contributed by atoms with van der Waals surface area (Å²) in [7, 11) is 0. The summed E-state index contributed by atoms with van der Waals surface area (Å²) in [4.78, 5) is 12.0. The predicted molar refractivity (Wildman–Crippen MR) is 78.3 cm³/mol. The number of amides is 1. The zero-order valence-corrected chi connectivity index (χ0v) is 12.1. The highest BCUT2D eigenvalue weighted by Gasteiger charge is 2.24. The summed E-state index contributed by atoms with van der Waals surface area (Å²) in [6.45, 7) is 0.590. The van der Waals surface area contributed by atoms with Gasteiger partial charge in [0.15, 0.2) is 0 Å². The molecule has 1 aromatic rings. The van der Waals surface area contributed by atoms with Crippen molar-refractivity contribution in [3.8, 4) is 11.5 Å². The van der Waals surface area contributed by atoms with E-state index in [0.29, 0.717) is 24.3 Å². The molecule has 1 aromatic carbocycles. The highest BCUT2D eigenvalue weighted by atomic mass is 35.5. The maximum Gasteiger partial charge on any atom is 0.251 e. The van der Waals surface area contributed by atoms with Gasteiger partial charge in [-0.15, -0.1) is 11.6 Å². The highest BCUT2D eigenvalue weighted by molar-refractivity contribution is 6.18. The first-order valence-corrected chi connectivity index (χ1v) is 7.51. The fraction of sp³-hybridized carbons (Fsp3) is 0.533. The lowest BCUT2D eigenvalue weighted by molar-refractivity contribution is 0.0936. The number of hydrogen-bond donors (Lipinski definition) is 3. The number of carbonyl (C=O) groups is 1. The summed E-state index contributed by atoms with van der Waals surface area (Å²) >= 11 is 5.97. The van der Waals surface area contributed by atoms with Gasteiger partial charge in [0.05, 0.1) is 0 Å². The number of hydrogen-bond acceptors (Lipinski definition) is 3. The zero-order chi connectivity index (χ0) is 14.5. The number of phenolic OH excluding ortho intramolecular Hbond substituents is 2. The molecule has 1 saturated carbocycles. The third kappa shape index (κ3) is 3.79. The van der Waals surface area contributed by atoms with Crippen LogP contribution in [0.4, 0.5) is 0 Å². The zero-order valence-electron chi connectivity index (χ0n) is 11.3. The molecule has 1 aliphatic carbocycles. The Labute approximate surface area is 123 Å². The van der Waals surface area contributed by atoms with Crippen LogP contribution < -0.4 is 5.32 Å². The molecule has 3 N–H and O–H groups in total. The summed E-state index contributed by atoms with van der Waals surface area (Å²) < 4.78 is 0. The summed E-state index contributed by atoms with van der Waals surface area (Å²) in [5.74, 6) is 0.986. The Bertz CT molecular complexity index is 458. The molecule has 0 spiro atoms. The minimum Gasteiger partial charge on any atom is -0.508 e. The van der Waals surface area contributed by atoms with Crippen LogP contribution in [0.5, 0.6) is 11.5 Å². The number of benzene rings is 1. The Balaban J connectivity index is 1.94. The Morgan fingerprint density at radius 2 is 1.75 bits per heavy atom. The summed E-state index contributed by atoms with van der Waals surface area (Å²) in [6.07, 6.45) is 4.60. The quantitative estimate of drug-likeness (QED) is 0.749. The minimum atomic E-state index is -0.282. The molecule has 0 heterocycles. The Kier molecular flexibility index (Phi) is 5.12. The van der Waals surface area contributed by atoms with Crippen LogP contribution in [0.3, 0.4) is 0 Å². The van der Waals surface area contributed by atoms with Gasteiger partial charge in [-0.2, -0.15) is 0 Å². The molecule has 0 aromatic heterocycles. The van der Waals surface area contributed by atoms with Crippen molar-refractivity contribution < 1.29 is 15.0 Å². The third-order valence-electron chi connectivity index (χ3n) is 3.95. The monoisotopic (exact) mass is 297 g/mol. The van der Waals surface area contributed by atoms with Crippen molar-refractivity contribution >= 4 is 17.5 Å². The fourth-order valence-corrected chi connectivity index (χ4v) is 3.21. The first kappa shape index (κ1) is 15.0. The molecule has 0 bridgehead atoms. The molecule has 5 heteroatoms. The Morgan fingerprint density at radius 3 is 2.35 bits per heavy atom. The van der Waals surface area contributed by atoms with Crippen molar-refractivity contribution in [2.24, 2.45) is 11.8 Å². The second-order valence-corrected chi connectivity index (χ2v) is 5.72. The van der Waals surface area contributed by atoms with E-state index in [1.54, 1.807) is 0 Å². The molecule has 4 nitrogen and oxygen atoms in total. The summed E-state index contributed by atoms with van der Waals surface area (Å²) in [5.41, 5.74) is 0.265. The number of nitrogens with one attached hydrogen (secondary N) is 1. The van der Waals surface area contributed by atoms with Gasteiger partial charge in [-0.3, -0.25) is 4.79 Å².